The summed E-state index contributed by atoms with van der Waals surface area (Å²) >= 11 is 0. The van der Waals surface area contributed by atoms with Crippen LogP contribution in [0.4, 0.5) is 0 Å². The fourth-order valence-corrected chi connectivity index (χ4v) is 3.91. The van der Waals surface area contributed by atoms with Gasteiger partial charge in [-0.1, -0.05) is 30.3 Å². The van der Waals surface area contributed by atoms with Crippen LogP contribution in [0.1, 0.15) is 24.1 Å². The van der Waals surface area contributed by atoms with Crippen molar-refractivity contribution in [2.75, 3.05) is 20.7 Å². The van der Waals surface area contributed by atoms with Crippen LogP contribution in [0.2, 0.25) is 0 Å². The van der Waals surface area contributed by atoms with E-state index in [9.17, 15) is 4.79 Å². The highest BCUT2D eigenvalue weighted by Crippen LogP contribution is 2.20. The maximum atomic E-state index is 13.0. The molecule has 2 aromatic carbocycles. The topological polar surface area (TPSA) is 47.4 Å². The lowest BCUT2D eigenvalue weighted by molar-refractivity contribution is 0.270. The smallest absolute Gasteiger partial charge is 0.274 e. The predicted octanol–water partition coefficient (Wildman–Crippen LogP) is 3.09. The van der Waals surface area contributed by atoms with E-state index in [2.05, 4.69) is 24.1 Å². The minimum Gasteiger partial charge on any atom is -0.497 e. The summed E-state index contributed by atoms with van der Waals surface area (Å²) in [6.07, 6.45) is 2.98. The summed E-state index contributed by atoms with van der Waals surface area (Å²) in [6, 6.07) is 16.2. The third kappa shape index (κ3) is 3.60. The summed E-state index contributed by atoms with van der Waals surface area (Å²) in [6.45, 7) is 1.74. The zero-order chi connectivity index (χ0) is 18.8. The van der Waals surface area contributed by atoms with Gasteiger partial charge in [0.2, 0.25) is 0 Å². The first kappa shape index (κ1) is 17.7. The number of benzene rings is 2. The van der Waals surface area contributed by atoms with Gasteiger partial charge in [0, 0.05) is 17.8 Å². The largest absolute Gasteiger partial charge is 0.497 e. The first-order chi connectivity index (χ1) is 13.2. The maximum Gasteiger partial charge on any atom is 0.274 e. The summed E-state index contributed by atoms with van der Waals surface area (Å²) in [5, 5.41) is 6.47. The SMILES string of the molecule is COc1ccc(Cc2nn(C[C@H]3CCCN3C)c(=O)c3ccccc23)cc1. The molecule has 1 aromatic heterocycles. The molecular weight excluding hydrogens is 338 g/mol. The zero-order valence-corrected chi connectivity index (χ0v) is 15.9. The van der Waals surface area contributed by atoms with Crippen LogP contribution < -0.4 is 10.3 Å². The number of hydrogen-bond acceptors (Lipinski definition) is 4. The van der Waals surface area contributed by atoms with Gasteiger partial charge in [0.25, 0.3) is 5.56 Å². The fraction of sp³-hybridized carbons (Fsp3) is 0.364. The van der Waals surface area contributed by atoms with Crippen LogP contribution in [0.25, 0.3) is 10.8 Å². The molecule has 0 aliphatic carbocycles. The number of rotatable bonds is 5. The Labute approximate surface area is 159 Å². The molecule has 5 heteroatoms. The number of hydrogen-bond donors (Lipinski definition) is 0. The quantitative estimate of drug-likeness (QED) is 0.699. The minimum atomic E-state index is 0.00406. The number of fused-ring (bicyclic) bond motifs is 1. The van der Waals surface area contributed by atoms with E-state index < -0.39 is 0 Å². The van der Waals surface area contributed by atoms with Crippen molar-refractivity contribution in [3.05, 3.63) is 70.1 Å². The lowest BCUT2D eigenvalue weighted by Gasteiger charge is -2.20. The molecule has 0 radical (unpaired) electrons. The number of likely N-dealkylation sites (tertiary alicyclic amines) is 1. The van der Waals surface area contributed by atoms with Gasteiger partial charge in [-0.3, -0.25) is 4.79 Å². The molecule has 0 unspecified atom stereocenters. The first-order valence-electron chi connectivity index (χ1n) is 9.47. The Kier molecular flexibility index (Phi) is 4.94. The van der Waals surface area contributed by atoms with Crippen molar-refractivity contribution < 1.29 is 4.74 Å². The molecule has 0 N–H and O–H groups in total. The zero-order valence-electron chi connectivity index (χ0n) is 15.9. The summed E-state index contributed by atoms with van der Waals surface area (Å²) in [4.78, 5) is 15.3. The van der Waals surface area contributed by atoms with Crippen molar-refractivity contribution in [2.45, 2.75) is 31.8 Å². The fourth-order valence-electron chi connectivity index (χ4n) is 3.91. The van der Waals surface area contributed by atoms with E-state index in [4.69, 9.17) is 9.84 Å². The van der Waals surface area contributed by atoms with E-state index in [1.165, 1.54) is 6.42 Å². The van der Waals surface area contributed by atoms with Crippen LogP contribution >= 0.6 is 0 Å². The van der Waals surface area contributed by atoms with Crippen LogP contribution in [0.15, 0.2) is 53.3 Å². The standard InChI is InChI=1S/C22H25N3O2/c1-24-13-5-6-17(24)15-25-22(26)20-8-4-3-7-19(20)21(23-25)14-16-9-11-18(27-2)12-10-16/h3-4,7-12,17H,5-6,13-15H2,1-2H3/t17-/m1/s1. The highest BCUT2D eigenvalue weighted by atomic mass is 16.5. The molecule has 1 fully saturated rings. The second-order valence-corrected chi connectivity index (χ2v) is 7.28. The van der Waals surface area contributed by atoms with E-state index in [1.807, 2.05) is 36.4 Å². The molecule has 1 atom stereocenters. The van der Waals surface area contributed by atoms with Gasteiger partial charge in [0.1, 0.15) is 5.75 Å². The Bertz CT molecular complexity index is 995. The molecule has 0 spiro atoms. The first-order valence-corrected chi connectivity index (χ1v) is 9.47. The van der Waals surface area contributed by atoms with Crippen molar-refractivity contribution >= 4 is 10.8 Å². The minimum absolute atomic E-state index is 0.00406. The molecule has 1 aliphatic heterocycles. The van der Waals surface area contributed by atoms with Gasteiger partial charge in [-0.25, -0.2) is 4.68 Å². The Hall–Kier alpha value is -2.66. The van der Waals surface area contributed by atoms with Crippen molar-refractivity contribution in [2.24, 2.45) is 0 Å². The Morgan fingerprint density at radius 1 is 1.11 bits per heavy atom. The number of methoxy groups -OCH3 is 1. The Morgan fingerprint density at radius 2 is 1.85 bits per heavy atom. The number of aromatic nitrogens is 2. The highest BCUT2D eigenvalue weighted by molar-refractivity contribution is 5.83. The number of ether oxygens (including phenoxy) is 1. The summed E-state index contributed by atoms with van der Waals surface area (Å²) in [5.74, 6) is 0.839. The van der Waals surface area contributed by atoms with E-state index in [0.29, 0.717) is 19.0 Å². The van der Waals surface area contributed by atoms with Crippen molar-refractivity contribution in [3.63, 3.8) is 0 Å². The Morgan fingerprint density at radius 3 is 2.52 bits per heavy atom. The van der Waals surface area contributed by atoms with Crippen LogP contribution in [-0.4, -0.2) is 41.4 Å². The predicted molar refractivity (Wildman–Crippen MR) is 107 cm³/mol. The van der Waals surface area contributed by atoms with Crippen molar-refractivity contribution in [1.82, 2.24) is 14.7 Å². The monoisotopic (exact) mass is 363 g/mol. The van der Waals surface area contributed by atoms with Crippen molar-refractivity contribution in [3.8, 4) is 5.75 Å². The average molecular weight is 363 g/mol. The molecule has 1 saturated heterocycles. The molecule has 3 aromatic rings. The summed E-state index contributed by atoms with van der Waals surface area (Å²) < 4.78 is 6.92. The van der Waals surface area contributed by atoms with Crippen LogP contribution in [-0.2, 0) is 13.0 Å². The van der Waals surface area contributed by atoms with Gasteiger partial charge in [0.05, 0.1) is 24.7 Å². The van der Waals surface area contributed by atoms with Gasteiger partial charge in [0.15, 0.2) is 0 Å². The molecule has 0 bridgehead atoms. The molecular formula is C22H25N3O2. The van der Waals surface area contributed by atoms with E-state index in [0.717, 1.165) is 40.7 Å². The maximum absolute atomic E-state index is 13.0. The molecule has 0 saturated carbocycles. The van der Waals surface area contributed by atoms with Gasteiger partial charge in [-0.05, 0) is 50.2 Å². The average Bonchev–Trinajstić information content (AvgIpc) is 3.10. The van der Waals surface area contributed by atoms with Crippen LogP contribution in [0.5, 0.6) is 5.75 Å². The van der Waals surface area contributed by atoms with E-state index >= 15 is 0 Å². The molecule has 5 nitrogen and oxygen atoms in total. The van der Waals surface area contributed by atoms with Crippen LogP contribution in [0, 0.1) is 0 Å². The molecule has 0 amide bonds. The summed E-state index contributed by atoms with van der Waals surface area (Å²) in [5.41, 5.74) is 2.09. The normalized spacial score (nSPS) is 17.5. The summed E-state index contributed by atoms with van der Waals surface area (Å²) in [7, 11) is 3.79. The van der Waals surface area contributed by atoms with Crippen LogP contribution in [0.3, 0.4) is 0 Å². The molecule has 1 aliphatic rings. The lowest BCUT2D eigenvalue weighted by atomic mass is 10.0. The van der Waals surface area contributed by atoms with Gasteiger partial charge in [-0.15, -0.1) is 0 Å². The third-order valence-electron chi connectivity index (χ3n) is 5.53. The van der Waals surface area contributed by atoms with Gasteiger partial charge in [-0.2, -0.15) is 5.10 Å². The third-order valence-corrected chi connectivity index (χ3v) is 5.53. The Balaban J connectivity index is 1.73. The van der Waals surface area contributed by atoms with Crippen molar-refractivity contribution in [1.29, 1.82) is 0 Å². The van der Waals surface area contributed by atoms with Gasteiger partial charge >= 0.3 is 0 Å². The molecule has 4 rings (SSSR count). The molecule has 2 heterocycles. The molecule has 140 valence electrons. The number of likely N-dealkylation sites (N-methyl/N-ethyl adjacent to an activating group) is 1. The van der Waals surface area contributed by atoms with E-state index in [-0.39, 0.29) is 5.56 Å². The second-order valence-electron chi connectivity index (χ2n) is 7.28. The van der Waals surface area contributed by atoms with E-state index in [1.54, 1.807) is 11.8 Å². The van der Waals surface area contributed by atoms with Gasteiger partial charge < -0.3 is 9.64 Å². The second kappa shape index (κ2) is 7.53. The highest BCUT2D eigenvalue weighted by Gasteiger charge is 2.23. The lowest BCUT2D eigenvalue weighted by Crippen LogP contribution is -2.35. The molecule has 27 heavy (non-hydrogen) atoms. The number of nitrogens with zero attached hydrogens (tertiary/aromatic N) is 3.